The van der Waals surface area contributed by atoms with Crippen LogP contribution in [0.4, 0.5) is 10.1 Å². The van der Waals surface area contributed by atoms with E-state index in [0.29, 0.717) is 0 Å². The van der Waals surface area contributed by atoms with E-state index in [9.17, 15) is 14.0 Å². The van der Waals surface area contributed by atoms with E-state index in [-0.39, 0.29) is 28.4 Å². The van der Waals surface area contributed by atoms with Crippen molar-refractivity contribution in [3.63, 3.8) is 0 Å². The number of pyridine rings is 1. The summed E-state index contributed by atoms with van der Waals surface area (Å²) in [5.41, 5.74) is 10.2. The number of aromatic carboxylic acids is 1. The molecule has 0 radical (unpaired) electrons. The molecular weight excluding hydrogens is 281 g/mol. The van der Waals surface area contributed by atoms with Crippen LogP contribution in [0.1, 0.15) is 20.7 Å². The minimum atomic E-state index is -1.18. The Morgan fingerprint density at radius 2 is 2.00 bits per heavy atom. The minimum Gasteiger partial charge on any atom is -0.478 e. The maximum absolute atomic E-state index is 13.6. The monoisotopic (exact) mass is 291 g/mol. The van der Waals surface area contributed by atoms with E-state index >= 15 is 0 Å². The van der Waals surface area contributed by atoms with Crippen molar-refractivity contribution < 1.29 is 23.8 Å². The highest BCUT2D eigenvalue weighted by Crippen LogP contribution is 2.26. The number of nitrogen functional groups attached to an aromatic ring is 1. The maximum atomic E-state index is 13.6. The van der Waals surface area contributed by atoms with Gasteiger partial charge in [0.05, 0.1) is 16.8 Å². The summed E-state index contributed by atoms with van der Waals surface area (Å²) in [4.78, 5) is 25.4. The molecule has 0 fully saturated rings. The van der Waals surface area contributed by atoms with Crippen molar-refractivity contribution in [1.82, 2.24) is 4.98 Å². The number of ether oxygens (including phenoxy) is 1. The SMILES string of the molecule is NC(=O)c1ccc(Oc2ncc(C(=O)O)cc2N)cc1F. The van der Waals surface area contributed by atoms with Gasteiger partial charge in [-0.2, -0.15) is 0 Å². The van der Waals surface area contributed by atoms with Crippen molar-refractivity contribution in [2.45, 2.75) is 0 Å². The van der Waals surface area contributed by atoms with E-state index in [0.717, 1.165) is 18.3 Å². The molecule has 0 aliphatic carbocycles. The Kier molecular flexibility index (Phi) is 3.70. The highest BCUT2D eigenvalue weighted by molar-refractivity contribution is 5.93. The summed E-state index contributed by atoms with van der Waals surface area (Å²) in [5.74, 6) is -2.97. The zero-order valence-electron chi connectivity index (χ0n) is 10.5. The van der Waals surface area contributed by atoms with Gasteiger partial charge in [-0.25, -0.2) is 14.2 Å². The number of primary amides is 1. The average Bonchev–Trinajstić information content (AvgIpc) is 2.40. The molecule has 0 saturated heterocycles. The predicted octanol–water partition coefficient (Wildman–Crippen LogP) is 1.39. The summed E-state index contributed by atoms with van der Waals surface area (Å²) in [7, 11) is 0. The van der Waals surface area contributed by atoms with Gasteiger partial charge in [0.15, 0.2) is 0 Å². The number of nitrogens with zero attached hydrogens (tertiary/aromatic N) is 1. The van der Waals surface area contributed by atoms with E-state index in [1.165, 1.54) is 12.1 Å². The zero-order valence-corrected chi connectivity index (χ0v) is 10.5. The Bertz CT molecular complexity index is 733. The number of carbonyl (C=O) groups is 2. The molecule has 0 spiro atoms. The van der Waals surface area contributed by atoms with E-state index in [1.54, 1.807) is 0 Å². The normalized spacial score (nSPS) is 10.1. The number of anilines is 1. The Morgan fingerprint density at radius 3 is 2.52 bits per heavy atom. The van der Waals surface area contributed by atoms with Gasteiger partial charge < -0.3 is 21.3 Å². The number of benzene rings is 1. The molecule has 8 heteroatoms. The number of nitrogens with two attached hydrogens (primary N) is 2. The predicted molar refractivity (Wildman–Crippen MR) is 70.6 cm³/mol. The Labute approximate surface area is 118 Å². The van der Waals surface area contributed by atoms with Gasteiger partial charge in [0.25, 0.3) is 5.91 Å². The standard InChI is InChI=1S/C13H10FN3O4/c14-9-4-7(1-2-8(9)11(16)18)21-12-10(15)3-6(5-17-12)13(19)20/h1-5H,15H2,(H2,16,18)(H,19,20). The number of carboxylic acids is 1. The Morgan fingerprint density at radius 1 is 1.29 bits per heavy atom. The average molecular weight is 291 g/mol. The van der Waals surface area contributed by atoms with Gasteiger partial charge >= 0.3 is 5.97 Å². The fourth-order valence-corrected chi connectivity index (χ4v) is 1.54. The van der Waals surface area contributed by atoms with E-state index in [2.05, 4.69) is 4.98 Å². The topological polar surface area (TPSA) is 129 Å². The van der Waals surface area contributed by atoms with E-state index in [1.807, 2.05) is 0 Å². The third kappa shape index (κ3) is 3.06. The van der Waals surface area contributed by atoms with Gasteiger partial charge in [-0.05, 0) is 18.2 Å². The molecule has 0 bridgehead atoms. The molecule has 108 valence electrons. The maximum Gasteiger partial charge on any atom is 0.337 e. The van der Waals surface area contributed by atoms with Crippen LogP contribution in [0, 0.1) is 5.82 Å². The van der Waals surface area contributed by atoms with Crippen LogP contribution in [-0.2, 0) is 0 Å². The molecule has 1 aromatic carbocycles. The van der Waals surface area contributed by atoms with Gasteiger partial charge in [0, 0.05) is 12.3 Å². The first kappa shape index (κ1) is 14.3. The molecule has 21 heavy (non-hydrogen) atoms. The molecule has 0 aliphatic heterocycles. The molecule has 0 saturated carbocycles. The first-order valence-electron chi connectivity index (χ1n) is 5.64. The Balaban J connectivity index is 2.28. The molecule has 5 N–H and O–H groups in total. The van der Waals surface area contributed by atoms with Crippen LogP contribution in [0.25, 0.3) is 0 Å². The second kappa shape index (κ2) is 5.45. The second-order valence-corrected chi connectivity index (χ2v) is 4.03. The molecule has 0 atom stereocenters. The number of carbonyl (C=O) groups excluding carboxylic acids is 1. The molecule has 0 aliphatic rings. The van der Waals surface area contributed by atoms with Crippen LogP contribution in [0.2, 0.25) is 0 Å². The van der Waals surface area contributed by atoms with Gasteiger partial charge in [-0.15, -0.1) is 0 Å². The molecule has 2 rings (SSSR count). The van der Waals surface area contributed by atoms with Crippen LogP contribution >= 0.6 is 0 Å². The van der Waals surface area contributed by atoms with Gasteiger partial charge in [-0.3, -0.25) is 4.79 Å². The van der Waals surface area contributed by atoms with Crippen molar-refractivity contribution in [2.24, 2.45) is 5.73 Å². The first-order chi connectivity index (χ1) is 9.88. The minimum absolute atomic E-state index is 0.0192. The zero-order chi connectivity index (χ0) is 15.6. The molecule has 0 unspecified atom stereocenters. The van der Waals surface area contributed by atoms with E-state index < -0.39 is 17.7 Å². The Hall–Kier alpha value is -3.16. The highest BCUT2D eigenvalue weighted by Gasteiger charge is 2.12. The lowest BCUT2D eigenvalue weighted by molar-refractivity contribution is 0.0696. The summed E-state index contributed by atoms with van der Waals surface area (Å²) in [6.45, 7) is 0. The van der Waals surface area contributed by atoms with Crippen LogP contribution in [0.5, 0.6) is 11.6 Å². The number of hydrogen-bond acceptors (Lipinski definition) is 5. The third-order valence-electron chi connectivity index (χ3n) is 2.55. The first-order valence-corrected chi connectivity index (χ1v) is 5.64. The number of halogens is 1. The summed E-state index contributed by atoms with van der Waals surface area (Å²) < 4.78 is 18.8. The lowest BCUT2D eigenvalue weighted by Crippen LogP contribution is -2.12. The summed E-state index contributed by atoms with van der Waals surface area (Å²) >= 11 is 0. The summed E-state index contributed by atoms with van der Waals surface area (Å²) in [5, 5.41) is 8.78. The van der Waals surface area contributed by atoms with E-state index in [4.69, 9.17) is 21.3 Å². The van der Waals surface area contributed by atoms with Crippen molar-refractivity contribution in [2.75, 3.05) is 5.73 Å². The van der Waals surface area contributed by atoms with Crippen molar-refractivity contribution >= 4 is 17.6 Å². The lowest BCUT2D eigenvalue weighted by Gasteiger charge is -2.08. The molecular formula is C13H10FN3O4. The highest BCUT2D eigenvalue weighted by atomic mass is 19.1. The number of amides is 1. The van der Waals surface area contributed by atoms with Gasteiger partial charge in [-0.1, -0.05) is 0 Å². The number of rotatable bonds is 4. The molecule has 1 heterocycles. The second-order valence-electron chi connectivity index (χ2n) is 4.03. The smallest absolute Gasteiger partial charge is 0.337 e. The number of hydrogen-bond donors (Lipinski definition) is 3. The largest absolute Gasteiger partial charge is 0.478 e. The van der Waals surface area contributed by atoms with Crippen LogP contribution < -0.4 is 16.2 Å². The summed E-state index contributed by atoms with van der Waals surface area (Å²) in [6, 6.07) is 4.59. The van der Waals surface area contributed by atoms with Crippen molar-refractivity contribution in [1.29, 1.82) is 0 Å². The molecule has 2 aromatic rings. The van der Waals surface area contributed by atoms with Crippen LogP contribution in [0.15, 0.2) is 30.5 Å². The van der Waals surface area contributed by atoms with Crippen LogP contribution in [-0.4, -0.2) is 22.0 Å². The van der Waals surface area contributed by atoms with Crippen LogP contribution in [0.3, 0.4) is 0 Å². The fraction of sp³-hybridized carbons (Fsp3) is 0. The summed E-state index contributed by atoms with van der Waals surface area (Å²) in [6.07, 6.45) is 1.06. The number of aromatic nitrogens is 1. The molecule has 1 aromatic heterocycles. The quantitative estimate of drug-likeness (QED) is 0.780. The molecule has 1 amide bonds. The van der Waals surface area contributed by atoms with Gasteiger partial charge in [0.1, 0.15) is 11.6 Å². The van der Waals surface area contributed by atoms with Crippen molar-refractivity contribution in [3.8, 4) is 11.6 Å². The third-order valence-corrected chi connectivity index (χ3v) is 2.55. The van der Waals surface area contributed by atoms with Gasteiger partial charge in [0.2, 0.25) is 5.88 Å². The molecule has 7 nitrogen and oxygen atoms in total. The fourth-order valence-electron chi connectivity index (χ4n) is 1.54. The van der Waals surface area contributed by atoms with Crippen molar-refractivity contribution in [3.05, 3.63) is 47.4 Å². The lowest BCUT2D eigenvalue weighted by atomic mass is 10.2. The number of carboxylic acid groups (broad SMARTS) is 1.